The maximum absolute atomic E-state index is 10.9. The number of alkyl halides is 1. The number of benzene rings is 1. The van der Waals surface area contributed by atoms with Gasteiger partial charge in [-0.15, -0.1) is 18.2 Å². The second-order valence-corrected chi connectivity index (χ2v) is 7.72. The van der Waals surface area contributed by atoms with Crippen LogP contribution in [0.5, 0.6) is 0 Å². The van der Waals surface area contributed by atoms with Gasteiger partial charge >= 0.3 is 5.97 Å². The average molecular weight is 404 g/mol. The fraction of sp³-hybridized carbons (Fsp3) is 0.409. The Hall–Kier alpha value is -2.24. The van der Waals surface area contributed by atoms with Crippen molar-refractivity contribution >= 4 is 23.3 Å². The highest BCUT2D eigenvalue weighted by Gasteiger charge is 2.32. The number of nitrogens with zero attached hydrogens (tertiary/aromatic N) is 1. The topological polar surface area (TPSA) is 73.9 Å². The SMILES string of the molecule is C=CCC(O)c1ccc(N2CCC(Cl)C2CCCc2ccc(C(=O)O)o2)cc1. The number of aliphatic hydroxyl groups is 1. The lowest BCUT2D eigenvalue weighted by molar-refractivity contribution is 0.0660. The number of aromatic carboxylic acids is 1. The van der Waals surface area contributed by atoms with E-state index in [0.29, 0.717) is 18.6 Å². The van der Waals surface area contributed by atoms with Crippen molar-refractivity contribution in [1.29, 1.82) is 0 Å². The molecule has 150 valence electrons. The molecule has 1 aliphatic rings. The highest BCUT2D eigenvalue weighted by Crippen LogP contribution is 2.32. The van der Waals surface area contributed by atoms with Gasteiger partial charge in [-0.1, -0.05) is 18.2 Å². The highest BCUT2D eigenvalue weighted by molar-refractivity contribution is 6.21. The Kier molecular flexibility index (Phi) is 6.81. The zero-order valence-electron chi connectivity index (χ0n) is 15.8. The third-order valence-corrected chi connectivity index (χ3v) is 5.77. The summed E-state index contributed by atoms with van der Waals surface area (Å²) in [7, 11) is 0. The highest BCUT2D eigenvalue weighted by atomic mass is 35.5. The number of furan rings is 1. The molecule has 3 rings (SSSR count). The van der Waals surface area contributed by atoms with Crippen LogP contribution in [0.4, 0.5) is 5.69 Å². The summed E-state index contributed by atoms with van der Waals surface area (Å²) < 4.78 is 5.33. The van der Waals surface area contributed by atoms with Gasteiger partial charge in [0, 0.05) is 24.7 Å². The first kappa shape index (κ1) is 20.5. The molecule has 0 bridgehead atoms. The number of rotatable bonds is 9. The van der Waals surface area contributed by atoms with Crippen molar-refractivity contribution < 1.29 is 19.4 Å². The molecule has 1 saturated heterocycles. The molecule has 0 amide bonds. The van der Waals surface area contributed by atoms with Gasteiger partial charge in [-0.25, -0.2) is 4.79 Å². The Morgan fingerprint density at radius 1 is 1.32 bits per heavy atom. The van der Waals surface area contributed by atoms with Gasteiger partial charge < -0.3 is 19.5 Å². The van der Waals surface area contributed by atoms with E-state index in [-0.39, 0.29) is 17.2 Å². The number of anilines is 1. The van der Waals surface area contributed by atoms with Crippen molar-refractivity contribution in [3.63, 3.8) is 0 Å². The molecule has 0 aliphatic carbocycles. The zero-order chi connectivity index (χ0) is 20.1. The van der Waals surface area contributed by atoms with Crippen LogP contribution in [0.1, 0.15) is 53.7 Å². The van der Waals surface area contributed by atoms with Crippen LogP contribution in [-0.2, 0) is 6.42 Å². The van der Waals surface area contributed by atoms with Gasteiger partial charge in [0.1, 0.15) is 5.76 Å². The number of carboxylic acids is 1. The Morgan fingerprint density at radius 2 is 2.07 bits per heavy atom. The first-order valence-corrected chi connectivity index (χ1v) is 10.0. The average Bonchev–Trinajstić information content (AvgIpc) is 3.30. The van der Waals surface area contributed by atoms with E-state index in [4.69, 9.17) is 21.1 Å². The van der Waals surface area contributed by atoms with Crippen LogP contribution in [0, 0.1) is 0 Å². The number of aliphatic hydroxyl groups excluding tert-OH is 1. The Bertz CT molecular complexity index is 801. The number of hydrogen-bond acceptors (Lipinski definition) is 4. The third-order valence-electron chi connectivity index (χ3n) is 5.26. The minimum atomic E-state index is -1.05. The van der Waals surface area contributed by atoms with Crippen molar-refractivity contribution in [2.24, 2.45) is 0 Å². The standard InChI is InChI=1S/C22H26ClNO4/c1-2-4-20(25)15-7-9-16(10-8-15)24-14-13-18(23)19(24)6-3-5-17-11-12-21(28-17)22(26)27/h2,7-12,18-20,25H,1,3-6,13-14H2,(H,26,27). The lowest BCUT2D eigenvalue weighted by Crippen LogP contribution is -2.33. The van der Waals surface area contributed by atoms with Crippen molar-refractivity contribution in [3.05, 3.63) is 66.1 Å². The Labute approximate surface area is 170 Å². The molecule has 1 aromatic heterocycles. The van der Waals surface area contributed by atoms with Crippen LogP contribution in [-0.4, -0.2) is 34.1 Å². The van der Waals surface area contributed by atoms with E-state index in [2.05, 4.69) is 11.5 Å². The van der Waals surface area contributed by atoms with Crippen LogP contribution in [0.3, 0.4) is 0 Å². The Balaban J connectivity index is 1.60. The molecule has 5 nitrogen and oxygen atoms in total. The molecule has 0 radical (unpaired) electrons. The van der Waals surface area contributed by atoms with Gasteiger partial charge in [0.2, 0.25) is 5.76 Å². The molecule has 2 aromatic rings. The molecule has 1 fully saturated rings. The van der Waals surface area contributed by atoms with Crippen LogP contribution in [0.15, 0.2) is 53.5 Å². The third kappa shape index (κ3) is 4.78. The number of carboxylic acid groups (broad SMARTS) is 1. The lowest BCUT2D eigenvalue weighted by atomic mass is 10.0. The predicted molar refractivity (Wildman–Crippen MR) is 110 cm³/mol. The largest absolute Gasteiger partial charge is 0.475 e. The van der Waals surface area contributed by atoms with Gasteiger partial charge in [0.15, 0.2) is 0 Å². The minimum absolute atomic E-state index is 0.0218. The summed E-state index contributed by atoms with van der Waals surface area (Å²) in [6.45, 7) is 4.57. The maximum Gasteiger partial charge on any atom is 0.371 e. The summed E-state index contributed by atoms with van der Waals surface area (Å²) in [6.07, 6.45) is 5.11. The van der Waals surface area contributed by atoms with E-state index in [0.717, 1.165) is 37.1 Å². The molecule has 6 heteroatoms. The zero-order valence-corrected chi connectivity index (χ0v) is 16.5. The van der Waals surface area contributed by atoms with E-state index in [1.807, 2.05) is 24.3 Å². The van der Waals surface area contributed by atoms with Gasteiger partial charge in [-0.05, 0) is 55.5 Å². The van der Waals surface area contributed by atoms with Crippen molar-refractivity contribution in [1.82, 2.24) is 0 Å². The number of carbonyl (C=O) groups is 1. The minimum Gasteiger partial charge on any atom is -0.475 e. The molecule has 0 spiro atoms. The summed E-state index contributed by atoms with van der Waals surface area (Å²) in [5, 5.41) is 19.1. The molecule has 0 saturated carbocycles. The molecule has 3 atom stereocenters. The summed E-state index contributed by atoms with van der Waals surface area (Å²) in [4.78, 5) is 13.2. The molecular formula is C22H26ClNO4. The van der Waals surface area contributed by atoms with Gasteiger partial charge in [-0.3, -0.25) is 0 Å². The molecule has 3 unspecified atom stereocenters. The molecule has 2 heterocycles. The molecule has 1 aromatic carbocycles. The summed E-state index contributed by atoms with van der Waals surface area (Å²) in [6, 6.07) is 11.4. The lowest BCUT2D eigenvalue weighted by Gasteiger charge is -2.28. The summed E-state index contributed by atoms with van der Waals surface area (Å²) >= 11 is 6.58. The van der Waals surface area contributed by atoms with E-state index in [1.165, 1.54) is 6.07 Å². The summed E-state index contributed by atoms with van der Waals surface area (Å²) in [5.74, 6) is -0.379. The first-order valence-electron chi connectivity index (χ1n) is 9.61. The number of halogens is 1. The Morgan fingerprint density at radius 3 is 2.71 bits per heavy atom. The van der Waals surface area contributed by atoms with Crippen LogP contribution < -0.4 is 4.90 Å². The van der Waals surface area contributed by atoms with E-state index in [9.17, 15) is 9.90 Å². The van der Waals surface area contributed by atoms with Crippen molar-refractivity contribution in [2.45, 2.75) is 49.6 Å². The second-order valence-electron chi connectivity index (χ2n) is 7.16. The van der Waals surface area contributed by atoms with Gasteiger partial charge in [0.25, 0.3) is 0 Å². The van der Waals surface area contributed by atoms with E-state index >= 15 is 0 Å². The van der Waals surface area contributed by atoms with Crippen molar-refractivity contribution in [3.8, 4) is 0 Å². The number of aryl methyl sites for hydroxylation is 1. The van der Waals surface area contributed by atoms with Gasteiger partial charge in [-0.2, -0.15) is 0 Å². The molecule has 2 N–H and O–H groups in total. The molecular weight excluding hydrogens is 378 g/mol. The van der Waals surface area contributed by atoms with E-state index in [1.54, 1.807) is 12.1 Å². The van der Waals surface area contributed by atoms with Crippen LogP contribution >= 0.6 is 11.6 Å². The summed E-state index contributed by atoms with van der Waals surface area (Å²) in [5.41, 5.74) is 1.99. The monoisotopic (exact) mass is 403 g/mol. The smallest absolute Gasteiger partial charge is 0.371 e. The van der Waals surface area contributed by atoms with Crippen LogP contribution in [0.25, 0.3) is 0 Å². The van der Waals surface area contributed by atoms with Crippen molar-refractivity contribution in [2.75, 3.05) is 11.4 Å². The fourth-order valence-electron chi connectivity index (χ4n) is 3.77. The van der Waals surface area contributed by atoms with Gasteiger partial charge in [0.05, 0.1) is 11.5 Å². The first-order chi connectivity index (χ1) is 13.5. The molecule has 1 aliphatic heterocycles. The fourth-order valence-corrected chi connectivity index (χ4v) is 4.13. The number of hydrogen-bond donors (Lipinski definition) is 2. The maximum atomic E-state index is 10.9. The quantitative estimate of drug-likeness (QED) is 0.465. The van der Waals surface area contributed by atoms with E-state index < -0.39 is 12.1 Å². The molecule has 28 heavy (non-hydrogen) atoms. The normalized spacial score (nSPS) is 20.3. The van der Waals surface area contributed by atoms with Crippen LogP contribution in [0.2, 0.25) is 0 Å². The second kappa shape index (κ2) is 9.30. The predicted octanol–water partition coefficient (Wildman–Crippen LogP) is 4.80.